The molecule has 3 rings (SSSR count). The highest BCUT2D eigenvalue weighted by Crippen LogP contribution is 2.33. The molecule has 28 heavy (non-hydrogen) atoms. The molecule has 148 valence electrons. The number of amides is 3. The summed E-state index contributed by atoms with van der Waals surface area (Å²) in [6.45, 7) is 3.76. The summed E-state index contributed by atoms with van der Waals surface area (Å²) in [4.78, 5) is 26.4. The summed E-state index contributed by atoms with van der Waals surface area (Å²) < 4.78 is 0. The summed E-state index contributed by atoms with van der Waals surface area (Å²) >= 11 is 0. The van der Waals surface area contributed by atoms with Gasteiger partial charge in [0.25, 0.3) is 0 Å². The molecule has 0 aliphatic carbocycles. The molecular weight excluding hydrogens is 352 g/mol. The third kappa shape index (κ3) is 4.51. The van der Waals surface area contributed by atoms with E-state index in [-0.39, 0.29) is 24.2 Å². The van der Waals surface area contributed by atoms with Crippen LogP contribution in [-0.4, -0.2) is 36.5 Å². The molecule has 5 N–H and O–H groups in total. The van der Waals surface area contributed by atoms with Gasteiger partial charge in [-0.25, -0.2) is 4.79 Å². The summed E-state index contributed by atoms with van der Waals surface area (Å²) in [5.74, 6) is 0.461. The fourth-order valence-corrected chi connectivity index (χ4v) is 4.08. The van der Waals surface area contributed by atoms with E-state index in [1.165, 1.54) is 5.56 Å². The SMILES string of the molecule is Cc1ccccc1C(CC(=O)N1C[C@@H](CN)[C@H](c2ccccc2)C1)NC(N)=O. The molecule has 1 fully saturated rings. The van der Waals surface area contributed by atoms with Gasteiger partial charge < -0.3 is 21.7 Å². The van der Waals surface area contributed by atoms with Crippen LogP contribution in [0.4, 0.5) is 4.79 Å². The molecule has 1 aliphatic rings. The lowest BCUT2D eigenvalue weighted by atomic mass is 9.89. The van der Waals surface area contributed by atoms with Crippen molar-refractivity contribution in [1.82, 2.24) is 10.2 Å². The fourth-order valence-electron chi connectivity index (χ4n) is 4.08. The van der Waals surface area contributed by atoms with E-state index >= 15 is 0 Å². The number of benzene rings is 2. The number of hydrogen-bond acceptors (Lipinski definition) is 3. The van der Waals surface area contributed by atoms with Crippen molar-refractivity contribution in [2.24, 2.45) is 17.4 Å². The van der Waals surface area contributed by atoms with Gasteiger partial charge in [0.15, 0.2) is 0 Å². The van der Waals surface area contributed by atoms with Crippen LogP contribution in [0.2, 0.25) is 0 Å². The minimum absolute atomic E-state index is 0.00103. The van der Waals surface area contributed by atoms with Gasteiger partial charge in [-0.05, 0) is 36.1 Å². The van der Waals surface area contributed by atoms with Gasteiger partial charge in [-0.3, -0.25) is 4.79 Å². The highest BCUT2D eigenvalue weighted by Gasteiger charge is 2.36. The Kier molecular flexibility index (Phi) is 6.31. The summed E-state index contributed by atoms with van der Waals surface area (Å²) in [5, 5.41) is 2.73. The van der Waals surface area contributed by atoms with Crippen molar-refractivity contribution >= 4 is 11.9 Å². The fraction of sp³-hybridized carbons (Fsp3) is 0.364. The number of nitrogens with one attached hydrogen (secondary N) is 1. The second-order valence-electron chi connectivity index (χ2n) is 7.43. The first-order valence-corrected chi connectivity index (χ1v) is 9.64. The smallest absolute Gasteiger partial charge is 0.312 e. The number of nitrogens with two attached hydrogens (primary N) is 2. The van der Waals surface area contributed by atoms with E-state index in [1.54, 1.807) is 0 Å². The average molecular weight is 380 g/mol. The molecule has 6 heteroatoms. The molecule has 0 radical (unpaired) electrons. The standard InChI is InChI=1S/C22H28N4O2/c1-15-7-5-6-10-18(15)20(25-22(24)28)11-21(27)26-13-17(12-23)19(14-26)16-8-3-2-4-9-16/h2-10,17,19-20H,11-14,23H2,1H3,(H3,24,25,28)/t17-,19+,20?/m1/s1. The molecule has 0 aromatic heterocycles. The maximum atomic E-state index is 13.1. The zero-order valence-corrected chi connectivity index (χ0v) is 16.2. The van der Waals surface area contributed by atoms with Crippen molar-refractivity contribution in [3.63, 3.8) is 0 Å². The van der Waals surface area contributed by atoms with Crippen LogP contribution in [0.15, 0.2) is 54.6 Å². The number of urea groups is 1. The van der Waals surface area contributed by atoms with Gasteiger partial charge in [-0.15, -0.1) is 0 Å². The molecule has 0 spiro atoms. The molecule has 3 atom stereocenters. The van der Waals surface area contributed by atoms with E-state index in [0.717, 1.165) is 11.1 Å². The molecular formula is C22H28N4O2. The van der Waals surface area contributed by atoms with Crippen LogP contribution in [0.25, 0.3) is 0 Å². The van der Waals surface area contributed by atoms with Crippen LogP contribution in [0.5, 0.6) is 0 Å². The van der Waals surface area contributed by atoms with Crippen molar-refractivity contribution in [3.05, 3.63) is 71.3 Å². The number of nitrogens with zero attached hydrogens (tertiary/aromatic N) is 1. The third-order valence-electron chi connectivity index (χ3n) is 5.58. The first kappa shape index (κ1) is 19.9. The van der Waals surface area contributed by atoms with Crippen LogP contribution in [-0.2, 0) is 4.79 Å². The maximum Gasteiger partial charge on any atom is 0.312 e. The van der Waals surface area contributed by atoms with Crippen molar-refractivity contribution < 1.29 is 9.59 Å². The Morgan fingerprint density at radius 3 is 2.43 bits per heavy atom. The van der Waals surface area contributed by atoms with Gasteiger partial charge in [0.2, 0.25) is 5.91 Å². The predicted molar refractivity (Wildman–Crippen MR) is 110 cm³/mol. The molecule has 1 unspecified atom stereocenters. The van der Waals surface area contributed by atoms with Crippen LogP contribution in [0, 0.1) is 12.8 Å². The van der Waals surface area contributed by atoms with Crippen molar-refractivity contribution in [2.75, 3.05) is 19.6 Å². The van der Waals surface area contributed by atoms with E-state index in [0.29, 0.717) is 19.6 Å². The van der Waals surface area contributed by atoms with Crippen LogP contribution >= 0.6 is 0 Å². The largest absolute Gasteiger partial charge is 0.352 e. The van der Waals surface area contributed by atoms with Gasteiger partial charge in [-0.2, -0.15) is 0 Å². The Morgan fingerprint density at radius 2 is 1.79 bits per heavy atom. The van der Waals surface area contributed by atoms with E-state index in [9.17, 15) is 9.59 Å². The summed E-state index contributed by atoms with van der Waals surface area (Å²) in [6, 6.07) is 16.8. The second kappa shape index (κ2) is 8.89. The van der Waals surface area contributed by atoms with Gasteiger partial charge >= 0.3 is 6.03 Å². The number of primary amides is 1. The number of likely N-dealkylation sites (tertiary alicyclic amines) is 1. The van der Waals surface area contributed by atoms with Crippen LogP contribution in [0.1, 0.15) is 35.1 Å². The van der Waals surface area contributed by atoms with Gasteiger partial charge in [0, 0.05) is 19.0 Å². The lowest BCUT2D eigenvalue weighted by Gasteiger charge is -2.23. The van der Waals surface area contributed by atoms with E-state index < -0.39 is 12.1 Å². The number of aryl methyl sites for hydroxylation is 1. The molecule has 0 bridgehead atoms. The lowest BCUT2D eigenvalue weighted by molar-refractivity contribution is -0.130. The van der Waals surface area contributed by atoms with E-state index in [2.05, 4.69) is 17.4 Å². The van der Waals surface area contributed by atoms with Gasteiger partial charge in [-0.1, -0.05) is 54.6 Å². The zero-order valence-electron chi connectivity index (χ0n) is 16.2. The highest BCUT2D eigenvalue weighted by atomic mass is 16.2. The zero-order chi connectivity index (χ0) is 20.1. The maximum absolute atomic E-state index is 13.1. The topological polar surface area (TPSA) is 101 Å². The Hall–Kier alpha value is -2.86. The molecule has 2 aromatic rings. The summed E-state index contributed by atoms with van der Waals surface area (Å²) in [7, 11) is 0. The third-order valence-corrected chi connectivity index (χ3v) is 5.58. The van der Waals surface area contributed by atoms with Gasteiger partial charge in [0.05, 0.1) is 12.5 Å². The molecule has 3 amide bonds. The number of hydrogen-bond donors (Lipinski definition) is 3. The average Bonchev–Trinajstić information content (AvgIpc) is 3.13. The normalized spacial score (nSPS) is 20.0. The van der Waals surface area contributed by atoms with Crippen molar-refractivity contribution in [3.8, 4) is 0 Å². The summed E-state index contributed by atoms with van der Waals surface area (Å²) in [6.07, 6.45) is 0.173. The lowest BCUT2D eigenvalue weighted by Crippen LogP contribution is -2.38. The molecule has 1 heterocycles. The molecule has 1 aliphatic heterocycles. The van der Waals surface area contributed by atoms with Crippen molar-refractivity contribution in [1.29, 1.82) is 0 Å². The molecule has 0 saturated carbocycles. The predicted octanol–water partition coefficient (Wildman–Crippen LogP) is 2.30. The number of rotatable bonds is 6. The minimum Gasteiger partial charge on any atom is -0.352 e. The Morgan fingerprint density at radius 1 is 1.11 bits per heavy atom. The molecule has 6 nitrogen and oxygen atoms in total. The summed E-state index contributed by atoms with van der Waals surface area (Å²) in [5.41, 5.74) is 14.5. The van der Waals surface area contributed by atoms with Crippen LogP contribution in [0.3, 0.4) is 0 Å². The van der Waals surface area contributed by atoms with E-state index in [1.807, 2.05) is 54.3 Å². The number of carbonyl (C=O) groups is 2. The highest BCUT2D eigenvalue weighted by molar-refractivity contribution is 5.79. The van der Waals surface area contributed by atoms with Crippen LogP contribution < -0.4 is 16.8 Å². The quantitative estimate of drug-likeness (QED) is 0.716. The Balaban J connectivity index is 1.75. The Labute approximate surface area is 165 Å². The minimum atomic E-state index is -0.635. The van der Waals surface area contributed by atoms with Crippen molar-refractivity contribution in [2.45, 2.75) is 25.3 Å². The number of carbonyl (C=O) groups excluding carboxylic acids is 2. The first-order valence-electron chi connectivity index (χ1n) is 9.64. The first-order chi connectivity index (χ1) is 13.5. The Bertz CT molecular complexity index is 824. The second-order valence-corrected chi connectivity index (χ2v) is 7.43. The monoisotopic (exact) mass is 380 g/mol. The van der Waals surface area contributed by atoms with E-state index in [4.69, 9.17) is 11.5 Å². The molecule has 1 saturated heterocycles. The molecule has 2 aromatic carbocycles. The van der Waals surface area contributed by atoms with Gasteiger partial charge in [0.1, 0.15) is 0 Å².